The molecule has 0 unspecified atom stereocenters. The number of thioether (sulfide) groups is 1. The van der Waals surface area contributed by atoms with Crippen molar-refractivity contribution in [2.24, 2.45) is 0 Å². The monoisotopic (exact) mass is 480 g/mol. The summed E-state index contributed by atoms with van der Waals surface area (Å²) < 4.78 is 2.79. The molecule has 1 N–H and O–H groups in total. The van der Waals surface area contributed by atoms with E-state index in [0.717, 1.165) is 21.4 Å². The normalized spacial score (nSPS) is 10.7. The Bertz CT molecular complexity index is 1160. The van der Waals surface area contributed by atoms with Crippen LogP contribution in [0.4, 0.5) is 5.69 Å². The maximum atomic E-state index is 12.4. The Kier molecular flexibility index (Phi) is 6.20. The number of benzene rings is 2. The summed E-state index contributed by atoms with van der Waals surface area (Å²) in [6.45, 7) is 2.03. The first kappa shape index (κ1) is 20.2. The van der Waals surface area contributed by atoms with Crippen molar-refractivity contribution in [3.63, 3.8) is 0 Å². The van der Waals surface area contributed by atoms with Crippen molar-refractivity contribution in [1.29, 1.82) is 0 Å². The number of nitrogens with one attached hydrogen (secondary N) is 1. The van der Waals surface area contributed by atoms with Gasteiger partial charge in [-0.25, -0.2) is 4.98 Å². The minimum atomic E-state index is -0.127. The van der Waals surface area contributed by atoms with Gasteiger partial charge >= 0.3 is 0 Å². The quantitative estimate of drug-likeness (QED) is 0.408. The summed E-state index contributed by atoms with van der Waals surface area (Å²) in [6.07, 6.45) is 4.86. The largest absolute Gasteiger partial charge is 0.325 e. The first-order chi connectivity index (χ1) is 14.6. The molecule has 4 aromatic rings. The van der Waals surface area contributed by atoms with Crippen molar-refractivity contribution in [3.8, 4) is 17.2 Å². The van der Waals surface area contributed by atoms with Crippen LogP contribution in [0.1, 0.15) is 5.56 Å². The molecule has 7 nitrogen and oxygen atoms in total. The number of carbonyl (C=O) groups excluding carboxylic acids is 1. The van der Waals surface area contributed by atoms with Gasteiger partial charge in [0, 0.05) is 28.2 Å². The van der Waals surface area contributed by atoms with Gasteiger partial charge in [0.1, 0.15) is 5.69 Å². The summed E-state index contributed by atoms with van der Waals surface area (Å²) in [5.74, 6) is 0.635. The van der Waals surface area contributed by atoms with Crippen LogP contribution >= 0.6 is 27.7 Å². The Morgan fingerprint density at radius 3 is 2.70 bits per heavy atom. The highest BCUT2D eigenvalue weighted by Gasteiger charge is 2.18. The Labute approximate surface area is 186 Å². The van der Waals surface area contributed by atoms with Crippen LogP contribution in [0.15, 0.2) is 76.8 Å². The van der Waals surface area contributed by atoms with Gasteiger partial charge in [-0.05, 0) is 37.3 Å². The van der Waals surface area contributed by atoms with Crippen molar-refractivity contribution < 1.29 is 4.79 Å². The summed E-state index contributed by atoms with van der Waals surface area (Å²) in [5.41, 5.74) is 3.38. The van der Waals surface area contributed by atoms with Crippen LogP contribution in [0.2, 0.25) is 0 Å². The molecule has 2 heterocycles. The van der Waals surface area contributed by atoms with E-state index in [4.69, 9.17) is 0 Å². The molecule has 9 heteroatoms. The van der Waals surface area contributed by atoms with Gasteiger partial charge in [0.15, 0.2) is 11.0 Å². The summed E-state index contributed by atoms with van der Waals surface area (Å²) >= 11 is 4.71. The lowest BCUT2D eigenvalue weighted by Gasteiger charge is -2.10. The van der Waals surface area contributed by atoms with Crippen molar-refractivity contribution in [3.05, 3.63) is 77.2 Å². The van der Waals surface area contributed by atoms with Gasteiger partial charge in [-0.1, -0.05) is 51.5 Å². The highest BCUT2D eigenvalue weighted by Crippen LogP contribution is 2.27. The molecule has 0 fully saturated rings. The SMILES string of the molecule is Cc1ccc(-n2c(SCC(=O)Nc3cccc(Br)c3)nnc2-c2cnccn2)cc1. The first-order valence-electron chi connectivity index (χ1n) is 9.07. The molecule has 0 atom stereocenters. The molecule has 30 heavy (non-hydrogen) atoms. The molecule has 0 aliphatic heterocycles. The lowest BCUT2D eigenvalue weighted by atomic mass is 10.2. The summed E-state index contributed by atoms with van der Waals surface area (Å²) in [7, 11) is 0. The Morgan fingerprint density at radius 2 is 1.97 bits per heavy atom. The Morgan fingerprint density at radius 1 is 1.13 bits per heavy atom. The van der Waals surface area contributed by atoms with Crippen LogP contribution in [-0.2, 0) is 4.79 Å². The van der Waals surface area contributed by atoms with E-state index in [1.165, 1.54) is 11.8 Å². The maximum Gasteiger partial charge on any atom is 0.234 e. The highest BCUT2D eigenvalue weighted by molar-refractivity contribution is 9.10. The van der Waals surface area contributed by atoms with Gasteiger partial charge in [0.2, 0.25) is 5.91 Å². The zero-order chi connectivity index (χ0) is 20.9. The molecule has 0 saturated carbocycles. The topological polar surface area (TPSA) is 85.6 Å². The molecule has 0 saturated heterocycles. The standard InChI is InChI=1S/C21H17BrN6OS/c1-14-5-7-17(8-6-14)28-20(18-12-23-9-10-24-18)26-27-21(28)30-13-19(29)25-16-4-2-3-15(22)11-16/h2-12H,13H2,1H3,(H,25,29). The van der Waals surface area contributed by atoms with Crippen molar-refractivity contribution in [2.45, 2.75) is 12.1 Å². The van der Waals surface area contributed by atoms with Gasteiger partial charge in [-0.15, -0.1) is 10.2 Å². The third-order valence-electron chi connectivity index (χ3n) is 4.16. The second kappa shape index (κ2) is 9.19. The summed E-state index contributed by atoms with van der Waals surface area (Å²) in [5, 5.41) is 12.1. The molecule has 0 aliphatic rings. The average Bonchev–Trinajstić information content (AvgIpc) is 3.17. The Hall–Kier alpha value is -3.04. The third-order valence-corrected chi connectivity index (χ3v) is 5.58. The molecule has 2 aromatic heterocycles. The number of rotatable bonds is 6. The predicted octanol–water partition coefficient (Wildman–Crippen LogP) is 4.53. The minimum absolute atomic E-state index is 0.127. The van der Waals surface area contributed by atoms with E-state index in [0.29, 0.717) is 16.7 Å². The number of anilines is 1. The van der Waals surface area contributed by atoms with E-state index >= 15 is 0 Å². The lowest BCUT2D eigenvalue weighted by Crippen LogP contribution is -2.14. The summed E-state index contributed by atoms with van der Waals surface area (Å²) in [4.78, 5) is 20.9. The van der Waals surface area contributed by atoms with Crippen molar-refractivity contribution in [2.75, 3.05) is 11.1 Å². The Balaban J connectivity index is 1.59. The fourth-order valence-corrected chi connectivity index (χ4v) is 3.92. The van der Waals surface area contributed by atoms with Crippen LogP contribution in [0.25, 0.3) is 17.2 Å². The van der Waals surface area contributed by atoms with Crippen LogP contribution in [0, 0.1) is 6.92 Å². The van der Waals surface area contributed by atoms with Crippen LogP contribution in [-0.4, -0.2) is 36.4 Å². The molecular weight excluding hydrogens is 464 g/mol. The molecule has 4 rings (SSSR count). The molecular formula is C21H17BrN6OS. The molecule has 0 aliphatic carbocycles. The van der Waals surface area contributed by atoms with Crippen molar-refractivity contribution >= 4 is 39.3 Å². The lowest BCUT2D eigenvalue weighted by molar-refractivity contribution is -0.113. The second-order valence-electron chi connectivity index (χ2n) is 6.41. The summed E-state index contributed by atoms with van der Waals surface area (Å²) in [6, 6.07) is 15.5. The van der Waals surface area contributed by atoms with E-state index in [1.807, 2.05) is 60.0 Å². The molecule has 0 bridgehead atoms. The number of carbonyl (C=O) groups is 1. The first-order valence-corrected chi connectivity index (χ1v) is 10.8. The fraction of sp³-hybridized carbons (Fsp3) is 0.0952. The van der Waals surface area contributed by atoms with Gasteiger partial charge in [-0.2, -0.15) is 0 Å². The van der Waals surface area contributed by atoms with E-state index in [9.17, 15) is 4.79 Å². The molecule has 0 spiro atoms. The van der Waals surface area contributed by atoms with E-state index in [-0.39, 0.29) is 11.7 Å². The average molecular weight is 481 g/mol. The second-order valence-corrected chi connectivity index (χ2v) is 8.27. The number of halogens is 1. The van der Waals surface area contributed by atoms with E-state index in [1.54, 1.807) is 18.6 Å². The van der Waals surface area contributed by atoms with Gasteiger partial charge in [0.25, 0.3) is 0 Å². The molecule has 1 amide bonds. The van der Waals surface area contributed by atoms with E-state index < -0.39 is 0 Å². The van der Waals surface area contributed by atoms with Gasteiger partial charge < -0.3 is 5.32 Å². The predicted molar refractivity (Wildman–Crippen MR) is 121 cm³/mol. The number of nitrogens with zero attached hydrogens (tertiary/aromatic N) is 5. The smallest absolute Gasteiger partial charge is 0.234 e. The minimum Gasteiger partial charge on any atom is -0.325 e. The number of hydrogen-bond donors (Lipinski definition) is 1. The molecule has 150 valence electrons. The van der Waals surface area contributed by atoms with E-state index in [2.05, 4.69) is 41.4 Å². The zero-order valence-electron chi connectivity index (χ0n) is 16.0. The fourth-order valence-electron chi connectivity index (χ4n) is 2.76. The number of aromatic nitrogens is 5. The highest BCUT2D eigenvalue weighted by atomic mass is 79.9. The number of amides is 1. The van der Waals surface area contributed by atoms with Gasteiger partial charge in [-0.3, -0.25) is 14.3 Å². The van der Waals surface area contributed by atoms with Crippen LogP contribution in [0.3, 0.4) is 0 Å². The third kappa shape index (κ3) is 4.74. The van der Waals surface area contributed by atoms with Crippen LogP contribution in [0.5, 0.6) is 0 Å². The number of hydrogen-bond acceptors (Lipinski definition) is 6. The molecule has 2 aromatic carbocycles. The van der Waals surface area contributed by atoms with Crippen LogP contribution < -0.4 is 5.32 Å². The zero-order valence-corrected chi connectivity index (χ0v) is 18.4. The van der Waals surface area contributed by atoms with Crippen molar-refractivity contribution in [1.82, 2.24) is 24.7 Å². The number of aryl methyl sites for hydroxylation is 1. The molecule has 0 radical (unpaired) electrons. The maximum absolute atomic E-state index is 12.4. The van der Waals surface area contributed by atoms with Gasteiger partial charge in [0.05, 0.1) is 11.9 Å².